The van der Waals surface area contributed by atoms with Gasteiger partial charge in [0.15, 0.2) is 5.69 Å². The number of carbonyl (C=O) groups is 1. The van der Waals surface area contributed by atoms with E-state index in [1.807, 2.05) is 17.5 Å². The Hall–Kier alpha value is -3.97. The van der Waals surface area contributed by atoms with Gasteiger partial charge in [0.05, 0.1) is 27.7 Å². The van der Waals surface area contributed by atoms with Crippen LogP contribution < -0.4 is 0 Å². The fourth-order valence-electron chi connectivity index (χ4n) is 3.79. The molecule has 0 radical (unpaired) electrons. The van der Waals surface area contributed by atoms with Gasteiger partial charge >= 0.3 is 0 Å². The van der Waals surface area contributed by atoms with Gasteiger partial charge in [-0.25, -0.2) is 4.68 Å². The molecule has 1 fully saturated rings. The molecule has 0 aliphatic carbocycles. The first-order valence-corrected chi connectivity index (χ1v) is 11.4. The lowest BCUT2D eigenvalue weighted by Gasteiger charge is -2.33. The Balaban J connectivity index is 1.22. The van der Waals surface area contributed by atoms with E-state index >= 15 is 0 Å². The lowest BCUT2D eigenvalue weighted by Crippen LogP contribution is -2.48. The topological polar surface area (TPSA) is 136 Å². The minimum atomic E-state index is -0.474. The van der Waals surface area contributed by atoms with Crippen LogP contribution in [0.3, 0.4) is 0 Å². The Morgan fingerprint density at radius 2 is 2.03 bits per heavy atom. The maximum atomic E-state index is 13.1. The average molecular weight is 481 g/mol. The van der Waals surface area contributed by atoms with Gasteiger partial charge in [-0.3, -0.25) is 19.8 Å². The summed E-state index contributed by atoms with van der Waals surface area (Å²) in [7, 11) is 0. The highest BCUT2D eigenvalue weighted by atomic mass is 32.1. The smallest absolute Gasteiger partial charge is 0.276 e. The van der Waals surface area contributed by atoms with Gasteiger partial charge < -0.3 is 9.42 Å². The second-order valence-electron chi connectivity index (χ2n) is 7.77. The molecule has 0 saturated carbocycles. The zero-order chi connectivity index (χ0) is 23.7. The summed E-state index contributed by atoms with van der Waals surface area (Å²) < 4.78 is 6.82. The molecule has 12 nitrogen and oxygen atoms in total. The fourth-order valence-corrected chi connectivity index (χ4v) is 4.43. The number of rotatable bonds is 6. The minimum absolute atomic E-state index is 0.0554. The number of hydrogen-bond donors (Lipinski definition) is 0. The minimum Gasteiger partial charge on any atom is -0.338 e. The highest BCUT2D eigenvalue weighted by Crippen LogP contribution is 2.22. The molecule has 174 valence electrons. The maximum Gasteiger partial charge on any atom is 0.276 e. The number of nitrogens with zero attached hydrogens (tertiary/aromatic N) is 8. The van der Waals surface area contributed by atoms with Crippen molar-refractivity contribution in [1.29, 1.82) is 0 Å². The van der Waals surface area contributed by atoms with Crippen LogP contribution in [0.1, 0.15) is 22.1 Å². The zero-order valence-corrected chi connectivity index (χ0v) is 19.0. The molecule has 0 unspecified atom stereocenters. The van der Waals surface area contributed by atoms with Crippen molar-refractivity contribution in [1.82, 2.24) is 34.9 Å². The molecule has 3 aromatic heterocycles. The van der Waals surface area contributed by atoms with Gasteiger partial charge in [0.25, 0.3) is 11.6 Å². The Morgan fingerprint density at radius 1 is 1.21 bits per heavy atom. The molecular weight excluding hydrogens is 460 g/mol. The summed E-state index contributed by atoms with van der Waals surface area (Å²) in [4.78, 5) is 33.0. The molecule has 1 aromatic carbocycles. The van der Waals surface area contributed by atoms with Crippen molar-refractivity contribution in [3.63, 3.8) is 0 Å². The zero-order valence-electron chi connectivity index (χ0n) is 18.2. The number of thiophene rings is 1. The molecule has 4 heterocycles. The summed E-state index contributed by atoms with van der Waals surface area (Å²) in [6, 6.07) is 9.94. The molecule has 13 heteroatoms. The number of non-ortho nitro benzene ring substituents is 1. The van der Waals surface area contributed by atoms with Crippen molar-refractivity contribution in [2.75, 3.05) is 26.2 Å². The summed E-state index contributed by atoms with van der Waals surface area (Å²) in [6.07, 6.45) is 0. The standard InChI is InChI=1S/C21H20N8O4S/c1-14-19(23-25-28(14)15-4-2-5-16(12-15)29(31)32)21(30)27-9-7-26(8-10-27)13-18-22-20(24-33-18)17-6-3-11-34-17/h2-6,11-12H,7-10,13H2,1H3. The number of nitro benzene ring substituents is 1. The van der Waals surface area contributed by atoms with E-state index in [-0.39, 0.29) is 17.3 Å². The molecule has 0 N–H and O–H groups in total. The average Bonchev–Trinajstić information content (AvgIpc) is 3.60. The highest BCUT2D eigenvalue weighted by Gasteiger charge is 2.27. The van der Waals surface area contributed by atoms with Crippen LogP contribution in [-0.4, -0.2) is 71.9 Å². The number of benzene rings is 1. The van der Waals surface area contributed by atoms with E-state index in [1.54, 1.807) is 35.3 Å². The highest BCUT2D eigenvalue weighted by molar-refractivity contribution is 7.13. The predicted molar refractivity (Wildman–Crippen MR) is 122 cm³/mol. The number of hydrogen-bond acceptors (Lipinski definition) is 10. The first kappa shape index (κ1) is 21.9. The number of carbonyl (C=O) groups excluding carboxylic acids is 1. The van der Waals surface area contributed by atoms with Crippen LogP contribution in [-0.2, 0) is 6.54 Å². The molecule has 1 aliphatic heterocycles. The first-order chi connectivity index (χ1) is 16.5. The lowest BCUT2D eigenvalue weighted by molar-refractivity contribution is -0.384. The molecule has 1 amide bonds. The van der Waals surface area contributed by atoms with E-state index in [4.69, 9.17) is 4.52 Å². The Bertz CT molecular complexity index is 1320. The second-order valence-corrected chi connectivity index (χ2v) is 8.72. The number of amides is 1. The van der Waals surface area contributed by atoms with Crippen LogP contribution in [0.25, 0.3) is 16.4 Å². The van der Waals surface area contributed by atoms with Crippen LogP contribution in [0.5, 0.6) is 0 Å². The number of nitro groups is 1. The van der Waals surface area contributed by atoms with Crippen LogP contribution in [0, 0.1) is 17.0 Å². The quantitative estimate of drug-likeness (QED) is 0.301. The van der Waals surface area contributed by atoms with E-state index in [0.29, 0.717) is 55.8 Å². The summed E-state index contributed by atoms with van der Waals surface area (Å²) in [5.74, 6) is 0.909. The van der Waals surface area contributed by atoms with Crippen LogP contribution in [0.15, 0.2) is 46.3 Å². The third kappa shape index (κ3) is 4.30. The van der Waals surface area contributed by atoms with Gasteiger partial charge in [0, 0.05) is 38.3 Å². The Labute approximate surface area is 197 Å². The third-order valence-electron chi connectivity index (χ3n) is 5.61. The van der Waals surface area contributed by atoms with Crippen LogP contribution >= 0.6 is 11.3 Å². The van der Waals surface area contributed by atoms with Crippen LogP contribution in [0.2, 0.25) is 0 Å². The molecule has 34 heavy (non-hydrogen) atoms. The normalized spacial score (nSPS) is 14.4. The summed E-state index contributed by atoms with van der Waals surface area (Å²) >= 11 is 1.55. The van der Waals surface area contributed by atoms with E-state index < -0.39 is 4.92 Å². The summed E-state index contributed by atoms with van der Waals surface area (Å²) in [6.45, 7) is 4.59. The largest absolute Gasteiger partial charge is 0.338 e. The predicted octanol–water partition coefficient (Wildman–Crippen LogP) is 2.55. The second kappa shape index (κ2) is 9.11. The molecule has 0 bridgehead atoms. The molecule has 0 spiro atoms. The monoisotopic (exact) mass is 480 g/mol. The van der Waals surface area contributed by atoms with Gasteiger partial charge in [-0.05, 0) is 24.4 Å². The Morgan fingerprint density at radius 3 is 2.76 bits per heavy atom. The van der Waals surface area contributed by atoms with Gasteiger partial charge in [-0.2, -0.15) is 4.98 Å². The van der Waals surface area contributed by atoms with Crippen molar-refractivity contribution in [3.8, 4) is 16.4 Å². The first-order valence-electron chi connectivity index (χ1n) is 10.5. The molecule has 1 saturated heterocycles. The lowest BCUT2D eigenvalue weighted by atomic mass is 10.2. The molecular formula is C21H20N8O4S. The van der Waals surface area contributed by atoms with Gasteiger partial charge in [0.1, 0.15) is 0 Å². The van der Waals surface area contributed by atoms with E-state index in [1.165, 1.54) is 16.8 Å². The van der Waals surface area contributed by atoms with E-state index in [2.05, 4.69) is 25.4 Å². The maximum absolute atomic E-state index is 13.1. The molecule has 4 aromatic rings. The molecule has 1 aliphatic rings. The summed E-state index contributed by atoms with van der Waals surface area (Å²) in [5, 5.41) is 25.2. The fraction of sp³-hybridized carbons (Fsp3) is 0.286. The van der Waals surface area contributed by atoms with Crippen molar-refractivity contribution >= 4 is 22.9 Å². The van der Waals surface area contributed by atoms with E-state index in [9.17, 15) is 14.9 Å². The van der Waals surface area contributed by atoms with Crippen molar-refractivity contribution in [3.05, 3.63) is 69.2 Å². The van der Waals surface area contributed by atoms with Crippen molar-refractivity contribution in [2.24, 2.45) is 0 Å². The van der Waals surface area contributed by atoms with E-state index in [0.717, 1.165) is 4.88 Å². The Kier molecular flexibility index (Phi) is 5.86. The van der Waals surface area contributed by atoms with Gasteiger partial charge in [0.2, 0.25) is 11.7 Å². The summed E-state index contributed by atoms with van der Waals surface area (Å²) in [5.41, 5.74) is 1.18. The third-order valence-corrected chi connectivity index (χ3v) is 6.48. The molecule has 0 atom stereocenters. The van der Waals surface area contributed by atoms with Crippen LogP contribution in [0.4, 0.5) is 5.69 Å². The van der Waals surface area contributed by atoms with Crippen molar-refractivity contribution < 1.29 is 14.2 Å². The number of piperazine rings is 1. The molecule has 5 rings (SSSR count). The SMILES string of the molecule is Cc1c(C(=O)N2CCN(Cc3nc(-c4cccs4)no3)CC2)nnn1-c1cccc([N+](=O)[O-])c1. The number of aromatic nitrogens is 5. The van der Waals surface area contributed by atoms with Gasteiger partial charge in [-0.15, -0.1) is 16.4 Å². The van der Waals surface area contributed by atoms with Crippen molar-refractivity contribution in [2.45, 2.75) is 13.5 Å². The van der Waals surface area contributed by atoms with Gasteiger partial charge in [-0.1, -0.05) is 22.5 Å².